The first-order valence-corrected chi connectivity index (χ1v) is 3.91. The van der Waals surface area contributed by atoms with Gasteiger partial charge in [-0.3, -0.25) is 4.99 Å². The summed E-state index contributed by atoms with van der Waals surface area (Å²) in [4.78, 5) is 4.20. The lowest BCUT2D eigenvalue weighted by atomic mass is 10.4. The lowest BCUT2D eigenvalue weighted by Crippen LogP contribution is -2.33. The monoisotopic (exact) mass is 143 g/mol. The van der Waals surface area contributed by atoms with Crippen molar-refractivity contribution in [3.63, 3.8) is 0 Å². The molecule has 2 N–H and O–H groups in total. The van der Waals surface area contributed by atoms with Gasteiger partial charge in [-0.15, -0.1) is 0 Å². The summed E-state index contributed by atoms with van der Waals surface area (Å²) < 4.78 is 0. The predicted molar refractivity (Wildman–Crippen MR) is 44.8 cm³/mol. The van der Waals surface area contributed by atoms with Gasteiger partial charge >= 0.3 is 0 Å². The summed E-state index contributed by atoms with van der Waals surface area (Å²) in [5, 5.41) is 0. The minimum Gasteiger partial charge on any atom is -0.308 e. The quantitative estimate of drug-likeness (QED) is 0.580. The van der Waals surface area contributed by atoms with Crippen LogP contribution < -0.4 is 10.9 Å². The van der Waals surface area contributed by atoms with Crippen LogP contribution in [0.25, 0.3) is 0 Å². The summed E-state index contributed by atoms with van der Waals surface area (Å²) >= 11 is 0. The summed E-state index contributed by atoms with van der Waals surface area (Å²) in [6.07, 6.45) is 1.24. The third kappa shape index (κ3) is 2.82. The number of hydrazine groups is 1. The Hall–Kier alpha value is -0.570. The number of hydrogen-bond acceptors (Lipinski definition) is 3. The van der Waals surface area contributed by atoms with Gasteiger partial charge in [-0.25, -0.2) is 5.43 Å². The summed E-state index contributed by atoms with van der Waals surface area (Å²) in [7, 11) is 0. The molecule has 0 radical (unpaired) electrons. The number of nitrogens with one attached hydrogen (secondary N) is 2. The molecular weight excluding hydrogens is 126 g/mol. The summed E-state index contributed by atoms with van der Waals surface area (Å²) in [6.45, 7) is 8.08. The molecule has 0 spiro atoms. The highest BCUT2D eigenvalue weighted by Gasteiger charge is 2.06. The first-order valence-electron chi connectivity index (χ1n) is 3.91. The molecule has 0 bridgehead atoms. The fourth-order valence-corrected chi connectivity index (χ4v) is 0.666. The van der Waals surface area contributed by atoms with E-state index in [0.717, 1.165) is 12.3 Å². The van der Waals surface area contributed by atoms with Crippen molar-refractivity contribution >= 4 is 5.84 Å². The molecule has 1 heterocycles. The molecule has 1 unspecified atom stereocenters. The Morgan fingerprint density at radius 3 is 2.30 bits per heavy atom. The standard InChI is InChI=1S/C5H11N3.C2H6/c1-3-5-6-4(2)7-8-5;1-2/h4,7H,3H2,1-2H3,(H,6,8);1-2H3. The van der Waals surface area contributed by atoms with Gasteiger partial charge in [0.05, 0.1) is 0 Å². The van der Waals surface area contributed by atoms with Gasteiger partial charge in [0.25, 0.3) is 0 Å². The number of aliphatic imine (C=N–C) groups is 1. The molecule has 1 rings (SSSR count). The normalized spacial score (nSPS) is 22.4. The molecule has 10 heavy (non-hydrogen) atoms. The molecule has 0 aromatic carbocycles. The topological polar surface area (TPSA) is 36.4 Å². The third-order valence-corrected chi connectivity index (χ3v) is 1.11. The van der Waals surface area contributed by atoms with Gasteiger partial charge < -0.3 is 5.43 Å². The van der Waals surface area contributed by atoms with Crippen molar-refractivity contribution in [3.8, 4) is 0 Å². The van der Waals surface area contributed by atoms with E-state index in [0.29, 0.717) is 0 Å². The molecule has 1 aliphatic heterocycles. The van der Waals surface area contributed by atoms with Crippen LogP contribution in [0.3, 0.4) is 0 Å². The fraction of sp³-hybridized carbons (Fsp3) is 0.857. The van der Waals surface area contributed by atoms with Crippen LogP contribution in [-0.2, 0) is 0 Å². The van der Waals surface area contributed by atoms with Crippen LogP contribution in [0.5, 0.6) is 0 Å². The maximum Gasteiger partial charge on any atom is 0.115 e. The second-order valence-electron chi connectivity index (χ2n) is 1.87. The molecule has 0 aliphatic carbocycles. The summed E-state index contributed by atoms with van der Waals surface area (Å²) in [6, 6.07) is 0. The zero-order chi connectivity index (χ0) is 7.98. The molecule has 60 valence electrons. The molecule has 3 heteroatoms. The number of amidine groups is 1. The Balaban J connectivity index is 0.000000371. The minimum atomic E-state index is 0.255. The largest absolute Gasteiger partial charge is 0.308 e. The Morgan fingerprint density at radius 1 is 1.50 bits per heavy atom. The highest BCUT2D eigenvalue weighted by Crippen LogP contribution is 1.92. The average molecular weight is 143 g/mol. The van der Waals surface area contributed by atoms with Gasteiger partial charge in [0.15, 0.2) is 0 Å². The number of nitrogens with zero attached hydrogens (tertiary/aromatic N) is 1. The van der Waals surface area contributed by atoms with Crippen molar-refractivity contribution in [2.45, 2.75) is 40.3 Å². The van der Waals surface area contributed by atoms with Crippen molar-refractivity contribution in [1.29, 1.82) is 0 Å². The molecular formula is C7H17N3. The van der Waals surface area contributed by atoms with E-state index in [4.69, 9.17) is 0 Å². The van der Waals surface area contributed by atoms with E-state index in [2.05, 4.69) is 22.8 Å². The smallest absolute Gasteiger partial charge is 0.115 e. The molecule has 3 nitrogen and oxygen atoms in total. The molecule has 1 atom stereocenters. The van der Waals surface area contributed by atoms with E-state index < -0.39 is 0 Å². The Labute approximate surface area is 62.9 Å². The van der Waals surface area contributed by atoms with E-state index in [1.807, 2.05) is 20.8 Å². The van der Waals surface area contributed by atoms with Crippen molar-refractivity contribution in [1.82, 2.24) is 10.9 Å². The molecule has 0 saturated carbocycles. The second kappa shape index (κ2) is 5.23. The van der Waals surface area contributed by atoms with E-state index in [1.165, 1.54) is 0 Å². The summed E-state index contributed by atoms with van der Waals surface area (Å²) in [5.41, 5.74) is 5.92. The second-order valence-corrected chi connectivity index (χ2v) is 1.87. The van der Waals surface area contributed by atoms with Crippen LogP contribution in [0.4, 0.5) is 0 Å². The van der Waals surface area contributed by atoms with Crippen LogP contribution in [0.1, 0.15) is 34.1 Å². The Bertz CT molecular complexity index is 109. The highest BCUT2D eigenvalue weighted by atomic mass is 15.5. The molecule has 0 fully saturated rings. The average Bonchev–Trinajstić information content (AvgIpc) is 2.40. The maximum absolute atomic E-state index is 4.20. The van der Waals surface area contributed by atoms with Crippen molar-refractivity contribution in [3.05, 3.63) is 0 Å². The van der Waals surface area contributed by atoms with Gasteiger partial charge in [0.2, 0.25) is 0 Å². The van der Waals surface area contributed by atoms with Gasteiger partial charge in [-0.1, -0.05) is 20.8 Å². The molecule has 0 aromatic heterocycles. The number of rotatable bonds is 1. The highest BCUT2D eigenvalue weighted by molar-refractivity contribution is 5.82. The van der Waals surface area contributed by atoms with Crippen LogP contribution in [0.2, 0.25) is 0 Å². The predicted octanol–water partition coefficient (Wildman–Crippen LogP) is 1.27. The van der Waals surface area contributed by atoms with Gasteiger partial charge in [-0.2, -0.15) is 0 Å². The minimum absolute atomic E-state index is 0.255. The first-order chi connectivity index (χ1) is 4.83. The van der Waals surface area contributed by atoms with Crippen LogP contribution in [0.15, 0.2) is 4.99 Å². The molecule has 1 aliphatic rings. The molecule has 0 amide bonds. The van der Waals surface area contributed by atoms with Crippen molar-refractivity contribution in [2.24, 2.45) is 4.99 Å². The van der Waals surface area contributed by atoms with E-state index in [9.17, 15) is 0 Å². The Kier molecular flexibility index (Phi) is 4.94. The Morgan fingerprint density at radius 2 is 2.10 bits per heavy atom. The van der Waals surface area contributed by atoms with Gasteiger partial charge in [0.1, 0.15) is 12.0 Å². The fourth-order valence-electron chi connectivity index (χ4n) is 0.666. The maximum atomic E-state index is 4.20. The first kappa shape index (κ1) is 9.43. The van der Waals surface area contributed by atoms with Crippen LogP contribution in [0, 0.1) is 0 Å². The van der Waals surface area contributed by atoms with E-state index in [-0.39, 0.29) is 6.17 Å². The van der Waals surface area contributed by atoms with Crippen LogP contribution in [-0.4, -0.2) is 12.0 Å². The zero-order valence-electron chi connectivity index (χ0n) is 7.23. The van der Waals surface area contributed by atoms with Gasteiger partial charge in [0, 0.05) is 6.42 Å². The van der Waals surface area contributed by atoms with E-state index in [1.54, 1.807) is 0 Å². The number of hydrogen-bond donors (Lipinski definition) is 2. The SMILES string of the molecule is CC.CCC1=NC(C)NN1. The van der Waals surface area contributed by atoms with Gasteiger partial charge in [-0.05, 0) is 6.92 Å². The lowest BCUT2D eigenvalue weighted by Gasteiger charge is -1.96. The van der Waals surface area contributed by atoms with Crippen molar-refractivity contribution < 1.29 is 0 Å². The third-order valence-electron chi connectivity index (χ3n) is 1.11. The zero-order valence-corrected chi connectivity index (χ0v) is 7.23. The summed E-state index contributed by atoms with van der Waals surface area (Å²) in [5.74, 6) is 1.05. The van der Waals surface area contributed by atoms with E-state index >= 15 is 0 Å². The lowest BCUT2D eigenvalue weighted by molar-refractivity contribution is 0.588. The molecule has 0 aromatic rings. The van der Waals surface area contributed by atoms with Crippen LogP contribution >= 0.6 is 0 Å². The molecule has 0 saturated heterocycles. The van der Waals surface area contributed by atoms with Crippen molar-refractivity contribution in [2.75, 3.05) is 0 Å².